The number of carboxylic acid groups (broad SMARTS) is 1. The predicted molar refractivity (Wildman–Crippen MR) is 84.6 cm³/mol. The summed E-state index contributed by atoms with van der Waals surface area (Å²) in [6, 6.07) is 6.95. The summed E-state index contributed by atoms with van der Waals surface area (Å²) in [4.78, 5) is 13.3. The maximum atomic E-state index is 11.0. The Labute approximate surface area is 130 Å². The van der Waals surface area contributed by atoms with Crippen LogP contribution in [0.2, 0.25) is 0 Å². The molecule has 22 heavy (non-hydrogen) atoms. The Balaban J connectivity index is 2.03. The highest BCUT2D eigenvalue weighted by Crippen LogP contribution is 2.25. The number of benzene rings is 1. The van der Waals surface area contributed by atoms with Crippen LogP contribution in [0.25, 0.3) is 5.69 Å². The first-order chi connectivity index (χ1) is 10.6. The molecule has 0 amide bonds. The summed E-state index contributed by atoms with van der Waals surface area (Å²) in [7, 11) is 2.14. The quantitative estimate of drug-likeness (QED) is 0.942. The van der Waals surface area contributed by atoms with Crippen molar-refractivity contribution >= 4 is 5.97 Å². The van der Waals surface area contributed by atoms with E-state index in [4.69, 9.17) is 10.2 Å². The fourth-order valence-electron chi connectivity index (χ4n) is 3.02. The highest BCUT2D eigenvalue weighted by molar-refractivity contribution is 5.87. The number of hydrogen-bond donors (Lipinski definition) is 1. The zero-order valence-corrected chi connectivity index (χ0v) is 13.0. The molecule has 0 spiro atoms. The molecule has 0 bridgehead atoms. The molecule has 0 fully saturated rings. The van der Waals surface area contributed by atoms with Crippen LogP contribution < -0.4 is 0 Å². The number of carboxylic acids is 1. The zero-order chi connectivity index (χ0) is 15.7. The highest BCUT2D eigenvalue weighted by Gasteiger charge is 2.23. The number of carbonyl (C=O) groups is 1. The van der Waals surface area contributed by atoms with Gasteiger partial charge in [-0.3, -0.25) is 0 Å². The SMILES string of the molecule is CCCc1nn(-c2ccc(C(=O)O)cc2)c2c1CN(C)CC2. The lowest BCUT2D eigenvalue weighted by Crippen LogP contribution is -2.27. The first-order valence-corrected chi connectivity index (χ1v) is 7.72. The van der Waals surface area contributed by atoms with Crippen molar-refractivity contribution in [2.75, 3.05) is 13.6 Å². The van der Waals surface area contributed by atoms with Crippen molar-refractivity contribution in [3.05, 3.63) is 46.8 Å². The van der Waals surface area contributed by atoms with E-state index in [0.29, 0.717) is 5.56 Å². The van der Waals surface area contributed by atoms with E-state index in [0.717, 1.165) is 38.0 Å². The van der Waals surface area contributed by atoms with Gasteiger partial charge in [0.05, 0.1) is 22.6 Å². The van der Waals surface area contributed by atoms with Crippen LogP contribution in [0.4, 0.5) is 0 Å². The topological polar surface area (TPSA) is 58.4 Å². The lowest BCUT2D eigenvalue weighted by molar-refractivity contribution is 0.0697. The average Bonchev–Trinajstić information content (AvgIpc) is 2.86. The summed E-state index contributed by atoms with van der Waals surface area (Å²) in [5.74, 6) is -0.901. The highest BCUT2D eigenvalue weighted by atomic mass is 16.4. The van der Waals surface area contributed by atoms with Crippen LogP contribution in [-0.2, 0) is 19.4 Å². The van der Waals surface area contributed by atoms with Gasteiger partial charge in [0, 0.05) is 25.1 Å². The number of nitrogens with zero attached hydrogens (tertiary/aromatic N) is 3. The van der Waals surface area contributed by atoms with Crippen LogP contribution in [0.5, 0.6) is 0 Å². The first kappa shape index (κ1) is 14.8. The Morgan fingerprint density at radius 1 is 1.32 bits per heavy atom. The third kappa shape index (κ3) is 2.64. The van der Waals surface area contributed by atoms with Crippen molar-refractivity contribution in [1.82, 2.24) is 14.7 Å². The maximum Gasteiger partial charge on any atom is 0.335 e. The molecular weight excluding hydrogens is 278 g/mol. The molecule has 5 nitrogen and oxygen atoms in total. The van der Waals surface area contributed by atoms with Crippen LogP contribution in [0, 0.1) is 0 Å². The van der Waals surface area contributed by atoms with E-state index >= 15 is 0 Å². The molecule has 0 unspecified atom stereocenters. The van der Waals surface area contributed by atoms with Gasteiger partial charge in [-0.2, -0.15) is 5.10 Å². The van der Waals surface area contributed by atoms with Crippen LogP contribution in [0.15, 0.2) is 24.3 Å². The lowest BCUT2D eigenvalue weighted by atomic mass is 10.0. The largest absolute Gasteiger partial charge is 0.478 e. The normalized spacial score (nSPS) is 14.8. The van der Waals surface area contributed by atoms with Gasteiger partial charge < -0.3 is 10.0 Å². The van der Waals surface area contributed by atoms with Gasteiger partial charge in [-0.25, -0.2) is 9.48 Å². The van der Waals surface area contributed by atoms with E-state index in [2.05, 4.69) is 18.9 Å². The number of aryl methyl sites for hydroxylation is 1. The summed E-state index contributed by atoms with van der Waals surface area (Å²) in [6.07, 6.45) is 3.03. The van der Waals surface area contributed by atoms with Crippen LogP contribution >= 0.6 is 0 Å². The molecule has 0 aliphatic carbocycles. The van der Waals surface area contributed by atoms with Gasteiger partial charge in [0.2, 0.25) is 0 Å². The Kier molecular flexibility index (Phi) is 3.98. The Morgan fingerprint density at radius 3 is 2.68 bits per heavy atom. The number of aromatic carboxylic acids is 1. The van der Waals surface area contributed by atoms with Crippen molar-refractivity contribution in [2.45, 2.75) is 32.7 Å². The lowest BCUT2D eigenvalue weighted by Gasteiger charge is -2.23. The first-order valence-electron chi connectivity index (χ1n) is 7.72. The molecule has 1 aromatic heterocycles. The van der Waals surface area contributed by atoms with Gasteiger partial charge in [-0.05, 0) is 37.7 Å². The fraction of sp³-hybridized carbons (Fsp3) is 0.412. The number of likely N-dealkylation sites (N-methyl/N-ethyl adjacent to an activating group) is 1. The van der Waals surface area contributed by atoms with Crippen LogP contribution in [-0.4, -0.2) is 39.3 Å². The summed E-state index contributed by atoms with van der Waals surface area (Å²) < 4.78 is 2.00. The molecule has 1 aliphatic rings. The Hall–Kier alpha value is -2.14. The van der Waals surface area contributed by atoms with E-state index < -0.39 is 5.97 Å². The smallest absolute Gasteiger partial charge is 0.335 e. The maximum absolute atomic E-state index is 11.0. The summed E-state index contributed by atoms with van der Waals surface area (Å²) in [6.45, 7) is 4.13. The molecule has 2 heterocycles. The van der Waals surface area contributed by atoms with Gasteiger partial charge >= 0.3 is 5.97 Å². The molecular formula is C17H21N3O2. The Morgan fingerprint density at radius 2 is 2.05 bits per heavy atom. The van der Waals surface area contributed by atoms with Crippen LogP contribution in [0.1, 0.15) is 40.7 Å². The van der Waals surface area contributed by atoms with Crippen molar-refractivity contribution in [1.29, 1.82) is 0 Å². The van der Waals surface area contributed by atoms with Gasteiger partial charge in [0.25, 0.3) is 0 Å². The van der Waals surface area contributed by atoms with Crippen molar-refractivity contribution in [3.8, 4) is 5.69 Å². The summed E-state index contributed by atoms with van der Waals surface area (Å²) in [5.41, 5.74) is 5.03. The van der Waals surface area contributed by atoms with Gasteiger partial charge in [-0.1, -0.05) is 13.3 Å². The van der Waals surface area contributed by atoms with Gasteiger partial charge in [0.15, 0.2) is 0 Å². The fourth-order valence-corrected chi connectivity index (χ4v) is 3.02. The van der Waals surface area contributed by atoms with Crippen LogP contribution in [0.3, 0.4) is 0 Å². The molecule has 1 N–H and O–H groups in total. The molecule has 1 aliphatic heterocycles. The molecule has 3 rings (SSSR count). The summed E-state index contributed by atoms with van der Waals surface area (Å²) in [5, 5.41) is 13.8. The van der Waals surface area contributed by atoms with E-state index in [1.807, 2.05) is 16.8 Å². The number of aromatic nitrogens is 2. The Bertz CT molecular complexity index is 689. The van der Waals surface area contributed by atoms with Gasteiger partial charge in [-0.15, -0.1) is 0 Å². The van der Waals surface area contributed by atoms with E-state index in [1.54, 1.807) is 12.1 Å². The van der Waals surface area contributed by atoms with E-state index in [-0.39, 0.29) is 0 Å². The molecule has 0 saturated carbocycles. The van der Waals surface area contributed by atoms with E-state index in [1.165, 1.54) is 17.0 Å². The third-order valence-electron chi connectivity index (χ3n) is 4.18. The monoisotopic (exact) mass is 299 g/mol. The standard InChI is InChI=1S/C17H21N3O2/c1-3-4-15-14-11-19(2)10-9-16(14)20(18-15)13-7-5-12(6-8-13)17(21)22/h5-8H,3-4,9-11H2,1-2H3,(H,21,22). The average molecular weight is 299 g/mol. The molecule has 1 aromatic carbocycles. The van der Waals surface area contributed by atoms with Gasteiger partial charge in [0.1, 0.15) is 0 Å². The second-order valence-corrected chi connectivity index (χ2v) is 5.87. The molecule has 0 radical (unpaired) electrons. The molecule has 5 heteroatoms. The van der Waals surface area contributed by atoms with Crippen molar-refractivity contribution < 1.29 is 9.90 Å². The van der Waals surface area contributed by atoms with Crippen molar-refractivity contribution in [2.24, 2.45) is 0 Å². The molecule has 116 valence electrons. The number of hydrogen-bond acceptors (Lipinski definition) is 3. The third-order valence-corrected chi connectivity index (χ3v) is 4.18. The second-order valence-electron chi connectivity index (χ2n) is 5.87. The molecule has 0 atom stereocenters. The minimum atomic E-state index is -0.901. The minimum Gasteiger partial charge on any atom is -0.478 e. The number of rotatable bonds is 4. The predicted octanol–water partition coefficient (Wildman–Crippen LogP) is 2.51. The second kappa shape index (κ2) is 5.93. The van der Waals surface area contributed by atoms with Crippen molar-refractivity contribution in [3.63, 3.8) is 0 Å². The minimum absolute atomic E-state index is 0.304. The zero-order valence-electron chi connectivity index (χ0n) is 13.0. The molecule has 0 saturated heterocycles. The van der Waals surface area contributed by atoms with E-state index in [9.17, 15) is 4.79 Å². The molecule has 2 aromatic rings. The summed E-state index contributed by atoms with van der Waals surface area (Å²) >= 11 is 0. The number of fused-ring (bicyclic) bond motifs is 1.